The summed E-state index contributed by atoms with van der Waals surface area (Å²) in [5.74, 6) is -2.01. The summed E-state index contributed by atoms with van der Waals surface area (Å²) in [7, 11) is 0. The van der Waals surface area contributed by atoms with Crippen LogP contribution in [0.5, 0.6) is 0 Å². The summed E-state index contributed by atoms with van der Waals surface area (Å²) in [5, 5.41) is 13.7. The summed E-state index contributed by atoms with van der Waals surface area (Å²) in [6.45, 7) is 4.58. The third-order valence-corrected chi connectivity index (χ3v) is 5.86. The van der Waals surface area contributed by atoms with E-state index in [0.717, 1.165) is 28.3 Å². The van der Waals surface area contributed by atoms with E-state index in [4.69, 9.17) is 9.47 Å². The zero-order chi connectivity index (χ0) is 25.0. The molecule has 1 amide bonds. The summed E-state index contributed by atoms with van der Waals surface area (Å²) < 4.78 is 11.1. The monoisotopic (exact) mass is 488 g/mol. The molecule has 0 fully saturated rings. The first-order valence-corrected chi connectivity index (χ1v) is 10.9. The Morgan fingerprint density at radius 1 is 1.18 bits per heavy atom. The van der Waals surface area contributed by atoms with E-state index in [2.05, 4.69) is 10.3 Å². The minimum absolute atomic E-state index is 0.0274. The van der Waals surface area contributed by atoms with Crippen LogP contribution in [0.3, 0.4) is 0 Å². The largest absolute Gasteiger partial charge is 0.462 e. The second-order valence-corrected chi connectivity index (χ2v) is 7.91. The molecule has 0 saturated heterocycles. The molecule has 0 radical (unpaired) electrons. The Labute approximate surface area is 196 Å². The van der Waals surface area contributed by atoms with Gasteiger partial charge in [0.2, 0.25) is 5.91 Å². The van der Waals surface area contributed by atoms with Crippen molar-refractivity contribution >= 4 is 50.8 Å². The predicted octanol–water partition coefficient (Wildman–Crippen LogP) is 2.67. The molecule has 1 aromatic carbocycles. The van der Waals surface area contributed by atoms with Gasteiger partial charge in [-0.2, -0.15) is 0 Å². The Morgan fingerprint density at radius 3 is 2.50 bits per heavy atom. The van der Waals surface area contributed by atoms with Crippen LogP contribution < -0.4 is 10.9 Å². The minimum Gasteiger partial charge on any atom is -0.462 e. The van der Waals surface area contributed by atoms with Crippen molar-refractivity contribution in [2.24, 2.45) is 0 Å². The molecule has 0 aliphatic carbocycles. The third-order valence-electron chi connectivity index (χ3n) is 4.67. The van der Waals surface area contributed by atoms with Crippen LogP contribution in [0.4, 0.5) is 10.7 Å². The van der Waals surface area contributed by atoms with Gasteiger partial charge in [-0.25, -0.2) is 14.6 Å². The number of nitrogens with zero attached hydrogens (tertiary/aromatic N) is 3. The zero-order valence-corrected chi connectivity index (χ0v) is 19.3. The maximum atomic E-state index is 12.7. The summed E-state index contributed by atoms with van der Waals surface area (Å²) in [4.78, 5) is 64.6. The van der Waals surface area contributed by atoms with Gasteiger partial charge in [0.1, 0.15) is 16.4 Å². The molecule has 0 bridgehead atoms. The first kappa shape index (κ1) is 24.5. The molecule has 0 aliphatic heterocycles. The lowest BCUT2D eigenvalue weighted by atomic mass is 10.1. The van der Waals surface area contributed by atoms with Crippen molar-refractivity contribution in [2.45, 2.75) is 27.3 Å². The molecule has 0 unspecified atom stereocenters. The van der Waals surface area contributed by atoms with E-state index in [1.165, 1.54) is 12.1 Å². The van der Waals surface area contributed by atoms with Crippen LogP contribution >= 0.6 is 11.3 Å². The van der Waals surface area contributed by atoms with Crippen molar-refractivity contribution in [1.82, 2.24) is 9.55 Å². The number of aromatic nitrogens is 2. The molecule has 34 heavy (non-hydrogen) atoms. The van der Waals surface area contributed by atoms with Crippen LogP contribution in [0.1, 0.15) is 39.4 Å². The smallest absolute Gasteiger partial charge is 0.348 e. The Balaban J connectivity index is 1.90. The molecular weight excluding hydrogens is 468 g/mol. The van der Waals surface area contributed by atoms with Crippen molar-refractivity contribution in [3.05, 3.63) is 61.0 Å². The van der Waals surface area contributed by atoms with Gasteiger partial charge in [-0.3, -0.25) is 24.3 Å². The van der Waals surface area contributed by atoms with E-state index in [-0.39, 0.29) is 45.2 Å². The lowest BCUT2D eigenvalue weighted by Crippen LogP contribution is -2.28. The van der Waals surface area contributed by atoms with Crippen LogP contribution in [0.25, 0.3) is 10.9 Å². The standard InChI is InChI=1S/C21H20N4O8S/c1-4-32-20(28)16-11(3)17(21(29)33-5-2)34-18(16)23-15(26)9-24-10-22-14-8-12(25(30)31)6-7-13(14)19(24)27/h6-8,10H,4-5,9H2,1-3H3,(H,23,26). The number of hydrogen-bond donors (Lipinski definition) is 1. The van der Waals surface area contributed by atoms with Gasteiger partial charge in [0.05, 0.1) is 40.9 Å². The number of nitro groups is 1. The van der Waals surface area contributed by atoms with E-state index in [0.29, 0.717) is 5.56 Å². The maximum Gasteiger partial charge on any atom is 0.348 e. The molecule has 3 rings (SSSR count). The third kappa shape index (κ3) is 4.93. The Morgan fingerprint density at radius 2 is 1.85 bits per heavy atom. The summed E-state index contributed by atoms with van der Waals surface area (Å²) in [6, 6.07) is 3.61. The van der Waals surface area contributed by atoms with Crippen LogP contribution in [0.15, 0.2) is 29.3 Å². The SMILES string of the molecule is CCOC(=O)c1sc(NC(=O)Cn2cnc3cc([N+](=O)[O-])ccc3c2=O)c(C(=O)OCC)c1C. The first-order valence-electron chi connectivity index (χ1n) is 10.1. The molecule has 3 aromatic rings. The number of benzene rings is 1. The van der Waals surface area contributed by atoms with Crippen molar-refractivity contribution in [2.75, 3.05) is 18.5 Å². The number of ether oxygens (including phenoxy) is 2. The maximum absolute atomic E-state index is 12.7. The predicted molar refractivity (Wildman–Crippen MR) is 122 cm³/mol. The Bertz CT molecular complexity index is 1360. The molecule has 2 heterocycles. The molecule has 0 spiro atoms. The van der Waals surface area contributed by atoms with Gasteiger partial charge in [0.25, 0.3) is 11.2 Å². The number of non-ortho nitro benzene ring substituents is 1. The number of amides is 1. The quantitative estimate of drug-likeness (QED) is 0.286. The lowest BCUT2D eigenvalue weighted by Gasteiger charge is -2.09. The number of esters is 2. The Hall–Kier alpha value is -4.13. The van der Waals surface area contributed by atoms with Crippen molar-refractivity contribution < 1.29 is 28.8 Å². The molecule has 1 N–H and O–H groups in total. The van der Waals surface area contributed by atoms with E-state index in [1.807, 2.05) is 0 Å². The number of fused-ring (bicyclic) bond motifs is 1. The van der Waals surface area contributed by atoms with Crippen LogP contribution in [0, 0.1) is 17.0 Å². The van der Waals surface area contributed by atoms with Gasteiger partial charge in [-0.15, -0.1) is 11.3 Å². The minimum atomic E-state index is -0.715. The number of thiophene rings is 1. The molecular formula is C21H20N4O8S. The lowest BCUT2D eigenvalue weighted by molar-refractivity contribution is -0.384. The Kier molecular flexibility index (Phi) is 7.36. The van der Waals surface area contributed by atoms with Crippen LogP contribution in [0.2, 0.25) is 0 Å². The number of anilines is 1. The molecule has 0 saturated carbocycles. The van der Waals surface area contributed by atoms with E-state index in [9.17, 15) is 29.3 Å². The van der Waals surface area contributed by atoms with Crippen molar-refractivity contribution in [3.8, 4) is 0 Å². The summed E-state index contributed by atoms with van der Waals surface area (Å²) >= 11 is 0.864. The number of carbonyl (C=O) groups excluding carboxylic acids is 3. The van der Waals surface area contributed by atoms with Gasteiger partial charge in [-0.05, 0) is 32.4 Å². The molecule has 12 nitrogen and oxygen atoms in total. The average molecular weight is 488 g/mol. The first-order chi connectivity index (χ1) is 16.2. The fourth-order valence-electron chi connectivity index (χ4n) is 3.14. The number of rotatable bonds is 8. The second kappa shape index (κ2) is 10.2. The van der Waals surface area contributed by atoms with Gasteiger partial charge < -0.3 is 14.8 Å². The number of nitrogens with one attached hydrogen (secondary N) is 1. The van der Waals surface area contributed by atoms with Crippen molar-refractivity contribution in [3.63, 3.8) is 0 Å². The van der Waals surface area contributed by atoms with Gasteiger partial charge in [0.15, 0.2) is 0 Å². The number of hydrogen-bond acceptors (Lipinski definition) is 10. The number of carbonyl (C=O) groups is 3. The average Bonchev–Trinajstić information content (AvgIpc) is 3.11. The van der Waals surface area contributed by atoms with E-state index >= 15 is 0 Å². The molecule has 0 atom stereocenters. The van der Waals surface area contributed by atoms with Gasteiger partial charge in [-0.1, -0.05) is 0 Å². The normalized spacial score (nSPS) is 10.7. The highest BCUT2D eigenvalue weighted by Gasteiger charge is 2.27. The van der Waals surface area contributed by atoms with Gasteiger partial charge >= 0.3 is 11.9 Å². The highest BCUT2D eigenvalue weighted by atomic mass is 32.1. The molecule has 13 heteroatoms. The number of nitro benzene ring substituents is 1. The molecule has 2 aromatic heterocycles. The van der Waals surface area contributed by atoms with Crippen molar-refractivity contribution in [1.29, 1.82) is 0 Å². The van der Waals surface area contributed by atoms with E-state index < -0.39 is 34.9 Å². The topological polar surface area (TPSA) is 160 Å². The van der Waals surface area contributed by atoms with Gasteiger partial charge in [0, 0.05) is 12.1 Å². The fraction of sp³-hybridized carbons (Fsp3) is 0.286. The highest BCUT2D eigenvalue weighted by Crippen LogP contribution is 2.34. The zero-order valence-electron chi connectivity index (χ0n) is 18.4. The van der Waals surface area contributed by atoms with Crippen LogP contribution in [-0.4, -0.2) is 45.5 Å². The summed E-state index contributed by atoms with van der Waals surface area (Å²) in [5.41, 5.74) is -0.335. The molecule has 0 aliphatic rings. The fourth-order valence-corrected chi connectivity index (χ4v) is 4.24. The summed E-state index contributed by atoms with van der Waals surface area (Å²) in [6.07, 6.45) is 1.10. The molecule has 178 valence electrons. The van der Waals surface area contributed by atoms with Crippen LogP contribution in [-0.2, 0) is 20.8 Å². The second-order valence-electron chi connectivity index (χ2n) is 6.89. The highest BCUT2D eigenvalue weighted by molar-refractivity contribution is 7.18. The van der Waals surface area contributed by atoms with E-state index in [1.54, 1.807) is 20.8 Å².